The molecule has 146 valence electrons. The quantitative estimate of drug-likeness (QED) is 0.675. The first-order chi connectivity index (χ1) is 13.4. The van der Waals surface area contributed by atoms with Gasteiger partial charge in [0, 0.05) is 56.5 Å². The van der Waals surface area contributed by atoms with Gasteiger partial charge in [0.25, 0.3) is 0 Å². The molecule has 2 unspecified atom stereocenters. The van der Waals surface area contributed by atoms with Crippen LogP contribution in [0.25, 0.3) is 11.0 Å². The largest absolute Gasteiger partial charge is 0.356 e. The fourth-order valence-corrected chi connectivity index (χ4v) is 4.48. The molecule has 0 spiro atoms. The Morgan fingerprint density at radius 3 is 2.29 bits per heavy atom. The summed E-state index contributed by atoms with van der Waals surface area (Å²) in [5.74, 6) is 3.30. The topological polar surface area (TPSA) is 75.9 Å². The standard InChI is InChI=1S/C20H26N8/c1-20(2,3)16-5-17(22-11-21-16)27-7-13-9-28(10-14(13)8-27)19-15-6-25-26(4)18(15)23-12-24-19/h5-6,11-14H,7-10H2,1-4H3. The maximum absolute atomic E-state index is 4.57. The van der Waals surface area contributed by atoms with Crippen molar-refractivity contribution in [1.29, 1.82) is 0 Å². The molecule has 2 saturated heterocycles. The van der Waals surface area contributed by atoms with E-state index in [9.17, 15) is 0 Å². The van der Waals surface area contributed by atoms with Crippen LogP contribution in [0.15, 0.2) is 24.9 Å². The van der Waals surface area contributed by atoms with Crippen LogP contribution in [-0.4, -0.2) is 55.9 Å². The van der Waals surface area contributed by atoms with E-state index in [2.05, 4.69) is 61.7 Å². The number of nitrogens with zero attached hydrogens (tertiary/aromatic N) is 8. The summed E-state index contributed by atoms with van der Waals surface area (Å²) in [6, 6.07) is 2.16. The minimum Gasteiger partial charge on any atom is -0.356 e. The van der Waals surface area contributed by atoms with Gasteiger partial charge in [-0.25, -0.2) is 19.9 Å². The van der Waals surface area contributed by atoms with Gasteiger partial charge in [-0.05, 0) is 0 Å². The molecule has 0 amide bonds. The normalized spacial score (nSPS) is 22.3. The Kier molecular flexibility index (Phi) is 3.79. The molecule has 2 atom stereocenters. The van der Waals surface area contributed by atoms with Gasteiger partial charge in [-0.1, -0.05) is 20.8 Å². The van der Waals surface area contributed by atoms with E-state index in [1.165, 1.54) is 0 Å². The van der Waals surface area contributed by atoms with E-state index in [1.54, 1.807) is 17.3 Å². The lowest BCUT2D eigenvalue weighted by Gasteiger charge is -2.24. The van der Waals surface area contributed by atoms with E-state index in [1.807, 2.05) is 13.2 Å². The highest BCUT2D eigenvalue weighted by molar-refractivity contribution is 5.86. The molecular weight excluding hydrogens is 352 g/mol. The smallest absolute Gasteiger partial charge is 0.163 e. The molecule has 0 saturated carbocycles. The molecular formula is C20H26N8. The van der Waals surface area contributed by atoms with E-state index in [-0.39, 0.29) is 5.41 Å². The molecule has 0 N–H and O–H groups in total. The van der Waals surface area contributed by atoms with Crippen LogP contribution in [0.1, 0.15) is 26.5 Å². The average Bonchev–Trinajstić information content (AvgIpc) is 3.34. The molecule has 2 fully saturated rings. The molecule has 3 aromatic heterocycles. The van der Waals surface area contributed by atoms with E-state index in [0.717, 1.165) is 54.5 Å². The second-order valence-electron chi connectivity index (χ2n) is 9.04. The van der Waals surface area contributed by atoms with Crippen molar-refractivity contribution in [3.05, 3.63) is 30.6 Å². The molecule has 2 aliphatic rings. The molecule has 0 aliphatic carbocycles. The van der Waals surface area contributed by atoms with Crippen LogP contribution in [-0.2, 0) is 12.5 Å². The zero-order valence-electron chi connectivity index (χ0n) is 16.9. The summed E-state index contributed by atoms with van der Waals surface area (Å²) in [5, 5.41) is 5.38. The van der Waals surface area contributed by atoms with Gasteiger partial charge in [0.05, 0.1) is 17.3 Å². The van der Waals surface area contributed by atoms with Crippen LogP contribution in [0.4, 0.5) is 11.6 Å². The second-order valence-corrected chi connectivity index (χ2v) is 9.04. The lowest BCUT2D eigenvalue weighted by atomic mass is 9.92. The Morgan fingerprint density at radius 1 is 0.893 bits per heavy atom. The van der Waals surface area contributed by atoms with Crippen molar-refractivity contribution < 1.29 is 0 Å². The highest BCUT2D eigenvalue weighted by atomic mass is 15.3. The first-order valence-corrected chi connectivity index (χ1v) is 9.85. The zero-order chi connectivity index (χ0) is 19.5. The summed E-state index contributed by atoms with van der Waals surface area (Å²) < 4.78 is 1.81. The molecule has 5 heterocycles. The fraction of sp³-hybridized carbons (Fsp3) is 0.550. The molecule has 5 rings (SSSR count). The molecule has 2 aliphatic heterocycles. The summed E-state index contributed by atoms with van der Waals surface area (Å²) in [6.07, 6.45) is 5.23. The third kappa shape index (κ3) is 2.78. The number of aryl methyl sites for hydroxylation is 1. The average molecular weight is 378 g/mol. The van der Waals surface area contributed by atoms with E-state index < -0.39 is 0 Å². The Balaban J connectivity index is 1.34. The van der Waals surface area contributed by atoms with Gasteiger partial charge < -0.3 is 9.80 Å². The Morgan fingerprint density at radius 2 is 1.57 bits per heavy atom. The van der Waals surface area contributed by atoms with Crippen LogP contribution in [0.3, 0.4) is 0 Å². The van der Waals surface area contributed by atoms with Crippen molar-refractivity contribution in [2.45, 2.75) is 26.2 Å². The van der Waals surface area contributed by atoms with E-state index >= 15 is 0 Å². The minimum atomic E-state index is 0.0339. The van der Waals surface area contributed by atoms with Crippen LogP contribution < -0.4 is 9.80 Å². The van der Waals surface area contributed by atoms with E-state index in [0.29, 0.717) is 11.8 Å². The van der Waals surface area contributed by atoms with Crippen molar-refractivity contribution in [1.82, 2.24) is 29.7 Å². The summed E-state index contributed by atoms with van der Waals surface area (Å²) in [4.78, 5) is 22.8. The number of hydrogen-bond donors (Lipinski definition) is 0. The molecule has 3 aromatic rings. The van der Waals surface area contributed by atoms with Gasteiger partial charge >= 0.3 is 0 Å². The van der Waals surface area contributed by atoms with Crippen LogP contribution >= 0.6 is 0 Å². The summed E-state index contributed by atoms with van der Waals surface area (Å²) in [6.45, 7) is 10.7. The summed E-state index contributed by atoms with van der Waals surface area (Å²) in [7, 11) is 1.92. The van der Waals surface area contributed by atoms with Gasteiger partial charge in [-0.15, -0.1) is 0 Å². The maximum atomic E-state index is 4.57. The summed E-state index contributed by atoms with van der Waals surface area (Å²) in [5.41, 5.74) is 2.02. The molecule has 28 heavy (non-hydrogen) atoms. The molecule has 8 nitrogen and oxygen atoms in total. The van der Waals surface area contributed by atoms with E-state index in [4.69, 9.17) is 0 Å². The maximum Gasteiger partial charge on any atom is 0.163 e. The Hall–Kier alpha value is -2.77. The first kappa shape index (κ1) is 17.3. The molecule has 8 heteroatoms. The zero-order valence-corrected chi connectivity index (χ0v) is 16.9. The van der Waals surface area contributed by atoms with Gasteiger partial charge in [-0.2, -0.15) is 5.10 Å². The number of fused-ring (bicyclic) bond motifs is 2. The van der Waals surface area contributed by atoms with Crippen LogP contribution in [0.2, 0.25) is 0 Å². The molecule has 0 bridgehead atoms. The van der Waals surface area contributed by atoms with Gasteiger partial charge in [-0.3, -0.25) is 4.68 Å². The minimum absolute atomic E-state index is 0.0339. The summed E-state index contributed by atoms with van der Waals surface area (Å²) >= 11 is 0. The highest BCUT2D eigenvalue weighted by Crippen LogP contribution is 2.37. The lowest BCUT2D eigenvalue weighted by Crippen LogP contribution is -2.30. The lowest BCUT2D eigenvalue weighted by molar-refractivity contribution is 0.533. The SMILES string of the molecule is Cn1ncc2c(N3CC4CN(c5cc(C(C)(C)C)ncn5)CC4C3)ncnc21. The number of hydrogen-bond acceptors (Lipinski definition) is 7. The number of anilines is 2. The predicted molar refractivity (Wildman–Crippen MR) is 108 cm³/mol. The second kappa shape index (κ2) is 6.12. The van der Waals surface area contributed by atoms with Crippen molar-refractivity contribution in [3.63, 3.8) is 0 Å². The number of rotatable bonds is 2. The fourth-order valence-electron chi connectivity index (χ4n) is 4.48. The monoisotopic (exact) mass is 378 g/mol. The predicted octanol–water partition coefficient (Wildman–Crippen LogP) is 2.02. The third-order valence-electron chi connectivity index (χ3n) is 6.04. The van der Waals surface area contributed by atoms with Gasteiger partial charge in [0.1, 0.15) is 24.3 Å². The Labute approximate surface area is 164 Å². The van der Waals surface area contributed by atoms with Crippen molar-refractivity contribution in [3.8, 4) is 0 Å². The van der Waals surface area contributed by atoms with Gasteiger partial charge in [0.15, 0.2) is 5.65 Å². The Bertz CT molecular complexity index is 1010. The first-order valence-electron chi connectivity index (χ1n) is 9.85. The van der Waals surface area contributed by atoms with Crippen molar-refractivity contribution in [2.75, 3.05) is 36.0 Å². The number of aromatic nitrogens is 6. The van der Waals surface area contributed by atoms with Crippen LogP contribution in [0, 0.1) is 11.8 Å². The molecule has 0 radical (unpaired) electrons. The highest BCUT2D eigenvalue weighted by Gasteiger charge is 2.41. The van der Waals surface area contributed by atoms with Gasteiger partial charge in [0.2, 0.25) is 0 Å². The molecule has 0 aromatic carbocycles. The van der Waals surface area contributed by atoms with Crippen molar-refractivity contribution in [2.24, 2.45) is 18.9 Å². The van der Waals surface area contributed by atoms with Crippen LogP contribution in [0.5, 0.6) is 0 Å². The third-order valence-corrected chi connectivity index (χ3v) is 6.04. The van der Waals surface area contributed by atoms with Crippen molar-refractivity contribution >= 4 is 22.7 Å².